The first-order valence-electron chi connectivity index (χ1n) is 9.01. The Morgan fingerprint density at radius 1 is 1.31 bits per heavy atom. The van der Waals surface area contributed by atoms with Gasteiger partial charge in [-0.25, -0.2) is 19.3 Å². The van der Waals surface area contributed by atoms with Crippen LogP contribution in [-0.2, 0) is 17.3 Å². The summed E-state index contributed by atoms with van der Waals surface area (Å²) in [4.78, 5) is 24.7. The molecule has 0 saturated heterocycles. The summed E-state index contributed by atoms with van der Waals surface area (Å²) in [6, 6.07) is 5.41. The molecule has 29 heavy (non-hydrogen) atoms. The predicted molar refractivity (Wildman–Crippen MR) is 105 cm³/mol. The van der Waals surface area contributed by atoms with Gasteiger partial charge in [0.1, 0.15) is 22.1 Å². The second-order valence-corrected chi connectivity index (χ2v) is 7.80. The number of halogens is 4. The van der Waals surface area contributed by atoms with Crippen molar-refractivity contribution in [1.29, 1.82) is 0 Å². The maximum Gasteiger partial charge on any atom is 0.333 e. The van der Waals surface area contributed by atoms with Crippen molar-refractivity contribution in [3.05, 3.63) is 57.8 Å². The highest BCUT2D eigenvalue weighted by Crippen LogP contribution is 2.42. The number of alkyl halides is 2. The molecule has 1 fully saturated rings. The topological polar surface area (TPSA) is 67.8 Å². The molecule has 0 unspecified atom stereocenters. The van der Waals surface area contributed by atoms with Gasteiger partial charge in [0.25, 0.3) is 0 Å². The van der Waals surface area contributed by atoms with Crippen LogP contribution < -0.4 is 5.32 Å². The first-order chi connectivity index (χ1) is 13.8. The quantitative estimate of drug-likeness (QED) is 0.524. The average Bonchev–Trinajstić information content (AvgIpc) is 3.51. The third-order valence-electron chi connectivity index (χ3n) is 4.78. The molecule has 0 spiro atoms. The van der Waals surface area contributed by atoms with E-state index in [1.165, 1.54) is 12.1 Å². The Morgan fingerprint density at radius 3 is 2.79 bits per heavy atom. The number of pyridine rings is 1. The van der Waals surface area contributed by atoms with Gasteiger partial charge in [0.15, 0.2) is 0 Å². The van der Waals surface area contributed by atoms with Gasteiger partial charge >= 0.3 is 5.92 Å². The van der Waals surface area contributed by atoms with Crippen LogP contribution in [0.5, 0.6) is 0 Å². The van der Waals surface area contributed by atoms with E-state index in [0.29, 0.717) is 40.0 Å². The Hall–Kier alpha value is -2.55. The van der Waals surface area contributed by atoms with Crippen molar-refractivity contribution in [2.24, 2.45) is 5.92 Å². The molecule has 1 aliphatic carbocycles. The molecule has 1 aromatic carbocycles. The number of ketones is 1. The van der Waals surface area contributed by atoms with E-state index >= 15 is 0 Å². The van der Waals surface area contributed by atoms with E-state index in [1.807, 2.05) is 0 Å². The molecule has 2 heterocycles. The number of benzene rings is 1. The summed E-state index contributed by atoms with van der Waals surface area (Å²) < 4.78 is 44.4. The molecule has 1 aliphatic rings. The Balaban J connectivity index is 1.64. The fourth-order valence-electron chi connectivity index (χ4n) is 3.13. The minimum absolute atomic E-state index is 0.0170. The molecule has 0 bridgehead atoms. The molecular formula is C20H16BrF3N4O. The van der Waals surface area contributed by atoms with E-state index in [2.05, 4.69) is 36.2 Å². The van der Waals surface area contributed by atoms with Gasteiger partial charge in [0, 0.05) is 23.4 Å². The number of carbonyl (C=O) groups is 1. The lowest BCUT2D eigenvalue weighted by Crippen LogP contribution is -2.29. The number of aryl methyl sites for hydroxylation is 1. The van der Waals surface area contributed by atoms with Gasteiger partial charge in [-0.2, -0.15) is 8.78 Å². The van der Waals surface area contributed by atoms with Crippen LogP contribution in [0.2, 0.25) is 0 Å². The predicted octanol–water partition coefficient (Wildman–Crippen LogP) is 4.92. The van der Waals surface area contributed by atoms with E-state index < -0.39 is 29.0 Å². The number of hydrogen-bond acceptors (Lipinski definition) is 5. The highest BCUT2D eigenvalue weighted by Gasteiger charge is 2.49. The smallest absolute Gasteiger partial charge is 0.333 e. The fraction of sp³-hybridized carbons (Fsp3) is 0.300. The minimum atomic E-state index is -3.84. The van der Waals surface area contributed by atoms with E-state index in [9.17, 15) is 18.0 Å². The Bertz CT molecular complexity index is 1120. The number of fused-ring (bicyclic) bond motifs is 1. The lowest BCUT2D eigenvalue weighted by molar-refractivity contribution is -0.146. The number of anilines is 1. The van der Waals surface area contributed by atoms with Gasteiger partial charge in [-0.1, -0.05) is 12.1 Å². The molecule has 0 radical (unpaired) electrons. The van der Waals surface area contributed by atoms with Crippen molar-refractivity contribution in [2.45, 2.75) is 32.2 Å². The summed E-state index contributed by atoms with van der Waals surface area (Å²) in [6.07, 6.45) is 2.44. The zero-order valence-electron chi connectivity index (χ0n) is 15.3. The van der Waals surface area contributed by atoms with Gasteiger partial charge in [0.05, 0.1) is 17.3 Å². The normalized spacial score (nSPS) is 14.2. The van der Waals surface area contributed by atoms with E-state index in [1.54, 1.807) is 19.2 Å². The van der Waals surface area contributed by atoms with Gasteiger partial charge < -0.3 is 5.32 Å². The molecule has 0 atom stereocenters. The highest BCUT2D eigenvalue weighted by molar-refractivity contribution is 9.10. The van der Waals surface area contributed by atoms with E-state index in [0.717, 1.165) is 6.07 Å². The molecule has 150 valence electrons. The second-order valence-electron chi connectivity index (χ2n) is 6.99. The van der Waals surface area contributed by atoms with Gasteiger partial charge in [-0.3, -0.25) is 4.79 Å². The Morgan fingerprint density at radius 2 is 2.07 bits per heavy atom. The molecule has 0 aliphatic heterocycles. The monoisotopic (exact) mass is 464 g/mol. The van der Waals surface area contributed by atoms with Crippen LogP contribution in [0.3, 0.4) is 0 Å². The van der Waals surface area contributed by atoms with Crippen molar-refractivity contribution in [3.63, 3.8) is 0 Å². The van der Waals surface area contributed by atoms with Crippen LogP contribution in [0, 0.1) is 18.7 Å². The number of rotatable bonds is 6. The fourth-order valence-corrected chi connectivity index (χ4v) is 3.46. The molecule has 9 heteroatoms. The van der Waals surface area contributed by atoms with Crippen molar-refractivity contribution in [2.75, 3.05) is 5.32 Å². The van der Waals surface area contributed by atoms with Crippen molar-refractivity contribution < 1.29 is 18.0 Å². The molecule has 3 aromatic rings. The second kappa shape index (κ2) is 7.37. The lowest BCUT2D eigenvalue weighted by Gasteiger charge is -2.18. The standard InChI is InChI=1S/C20H16BrF3N4O/c1-10-27-15-9-25-16(21)7-13(15)19(28-10)26-8-12-3-2-4-14(17(12)22)20(23,24)18(29)11-5-6-11/h2-4,7,9,11H,5-6,8H2,1H3,(H,26,27,28). The van der Waals surface area contributed by atoms with Crippen LogP contribution in [0.1, 0.15) is 29.8 Å². The first kappa shape index (κ1) is 19.8. The zero-order valence-corrected chi connectivity index (χ0v) is 16.9. The number of nitrogens with one attached hydrogen (secondary N) is 1. The third kappa shape index (κ3) is 3.83. The van der Waals surface area contributed by atoms with Crippen molar-refractivity contribution in [1.82, 2.24) is 15.0 Å². The van der Waals surface area contributed by atoms with Crippen molar-refractivity contribution >= 4 is 38.4 Å². The number of Topliss-reactive ketones (excluding diaryl/α,β-unsaturated/α-hetero) is 1. The molecule has 2 aromatic heterocycles. The number of hydrogen-bond donors (Lipinski definition) is 1. The maximum absolute atomic E-state index is 14.8. The van der Waals surface area contributed by atoms with Crippen LogP contribution in [0.25, 0.3) is 10.9 Å². The summed E-state index contributed by atoms with van der Waals surface area (Å²) in [5.41, 5.74) is -0.272. The average molecular weight is 465 g/mol. The number of aromatic nitrogens is 3. The summed E-state index contributed by atoms with van der Waals surface area (Å²) in [5, 5.41) is 3.64. The van der Waals surface area contributed by atoms with Crippen LogP contribution in [-0.4, -0.2) is 20.7 Å². The zero-order chi connectivity index (χ0) is 20.8. The van der Waals surface area contributed by atoms with E-state index in [-0.39, 0.29) is 12.1 Å². The molecular weight excluding hydrogens is 449 g/mol. The summed E-state index contributed by atoms with van der Waals surface area (Å²) in [7, 11) is 0. The van der Waals surface area contributed by atoms with Crippen LogP contribution >= 0.6 is 15.9 Å². The maximum atomic E-state index is 14.8. The molecule has 1 N–H and O–H groups in total. The molecule has 5 nitrogen and oxygen atoms in total. The number of nitrogens with zero attached hydrogens (tertiary/aromatic N) is 3. The summed E-state index contributed by atoms with van der Waals surface area (Å²) in [6.45, 7) is 1.62. The highest BCUT2D eigenvalue weighted by atomic mass is 79.9. The van der Waals surface area contributed by atoms with Crippen molar-refractivity contribution in [3.8, 4) is 0 Å². The number of carbonyl (C=O) groups excluding carboxylic acids is 1. The van der Waals surface area contributed by atoms with Gasteiger partial charge in [-0.05, 0) is 47.8 Å². The summed E-state index contributed by atoms with van der Waals surface area (Å²) >= 11 is 3.28. The molecule has 1 saturated carbocycles. The molecule has 4 rings (SSSR count). The van der Waals surface area contributed by atoms with Gasteiger partial charge in [-0.15, -0.1) is 0 Å². The first-order valence-corrected chi connectivity index (χ1v) is 9.80. The largest absolute Gasteiger partial charge is 0.365 e. The lowest BCUT2D eigenvalue weighted by atomic mass is 9.98. The van der Waals surface area contributed by atoms with E-state index in [4.69, 9.17) is 0 Å². The SMILES string of the molecule is Cc1nc(NCc2cccc(C(F)(F)C(=O)C3CC3)c2F)c2cc(Br)ncc2n1. The minimum Gasteiger partial charge on any atom is -0.365 e. The third-order valence-corrected chi connectivity index (χ3v) is 5.22. The Labute approximate surface area is 172 Å². The Kier molecular flexibility index (Phi) is 5.02. The van der Waals surface area contributed by atoms with Gasteiger partial charge in [0.2, 0.25) is 5.78 Å². The summed E-state index contributed by atoms with van der Waals surface area (Å²) in [5.74, 6) is -5.89. The molecule has 0 amide bonds. The van der Waals surface area contributed by atoms with Crippen LogP contribution in [0.4, 0.5) is 19.0 Å². The van der Waals surface area contributed by atoms with Crippen LogP contribution in [0.15, 0.2) is 35.1 Å².